The first-order valence-corrected chi connectivity index (χ1v) is 8.83. The number of anilines is 2. The molecule has 4 N–H and O–H groups in total. The summed E-state index contributed by atoms with van der Waals surface area (Å²) in [6.07, 6.45) is 3.52. The molecule has 0 spiro atoms. The summed E-state index contributed by atoms with van der Waals surface area (Å²) in [7, 11) is -2.04. The Labute approximate surface area is 125 Å². The summed E-state index contributed by atoms with van der Waals surface area (Å²) in [6.45, 7) is 2.28. The first-order valence-electron chi connectivity index (χ1n) is 7.35. The molecule has 2 unspecified atom stereocenters. The Morgan fingerprint density at radius 3 is 2.86 bits per heavy atom. The normalized spacial score (nSPS) is 26.0. The van der Waals surface area contributed by atoms with Gasteiger partial charge >= 0.3 is 0 Å². The van der Waals surface area contributed by atoms with Gasteiger partial charge in [0.25, 0.3) is 0 Å². The smallest absolute Gasteiger partial charge is 0.240 e. The van der Waals surface area contributed by atoms with Gasteiger partial charge in [-0.3, -0.25) is 4.90 Å². The molecule has 1 aromatic rings. The van der Waals surface area contributed by atoms with Crippen LogP contribution in [0, 0.1) is 0 Å². The molecule has 2 heterocycles. The molecule has 2 aliphatic heterocycles. The SMILES string of the molecule is CNS(=O)(=O)c1ccc(N)c(NC2CCN3CCCC23)c1. The number of rotatable bonds is 4. The van der Waals surface area contributed by atoms with Gasteiger partial charge in [-0.15, -0.1) is 0 Å². The van der Waals surface area contributed by atoms with Crippen molar-refractivity contribution in [3.05, 3.63) is 18.2 Å². The van der Waals surface area contributed by atoms with Crippen molar-refractivity contribution < 1.29 is 8.42 Å². The molecule has 1 aromatic carbocycles. The number of benzene rings is 1. The van der Waals surface area contributed by atoms with Crippen molar-refractivity contribution in [3.8, 4) is 0 Å². The highest BCUT2D eigenvalue weighted by Gasteiger charge is 2.37. The minimum atomic E-state index is -3.44. The molecule has 2 atom stereocenters. The molecule has 0 aromatic heterocycles. The van der Waals surface area contributed by atoms with E-state index in [2.05, 4.69) is 14.9 Å². The topological polar surface area (TPSA) is 87.5 Å². The zero-order chi connectivity index (χ0) is 15.0. The van der Waals surface area contributed by atoms with Crippen LogP contribution in [-0.4, -0.2) is 45.5 Å². The second kappa shape index (κ2) is 5.47. The predicted molar refractivity (Wildman–Crippen MR) is 83.7 cm³/mol. The third kappa shape index (κ3) is 2.73. The third-order valence-corrected chi connectivity index (χ3v) is 5.96. The summed E-state index contributed by atoms with van der Waals surface area (Å²) in [4.78, 5) is 2.74. The quantitative estimate of drug-likeness (QED) is 0.717. The average Bonchev–Trinajstić information content (AvgIpc) is 3.06. The summed E-state index contributed by atoms with van der Waals surface area (Å²) >= 11 is 0. The Bertz CT molecular complexity index is 632. The van der Waals surface area contributed by atoms with Crippen LogP contribution >= 0.6 is 0 Å². The Kier molecular flexibility index (Phi) is 3.81. The van der Waals surface area contributed by atoms with Crippen LogP contribution in [0.4, 0.5) is 11.4 Å². The second-order valence-electron chi connectivity index (χ2n) is 5.74. The third-order valence-electron chi connectivity index (χ3n) is 4.55. The van der Waals surface area contributed by atoms with E-state index in [1.165, 1.54) is 32.5 Å². The van der Waals surface area contributed by atoms with E-state index in [0.717, 1.165) is 13.0 Å². The van der Waals surface area contributed by atoms with Crippen molar-refractivity contribution in [2.45, 2.75) is 36.2 Å². The van der Waals surface area contributed by atoms with E-state index >= 15 is 0 Å². The van der Waals surface area contributed by atoms with Gasteiger partial charge < -0.3 is 11.1 Å². The lowest BCUT2D eigenvalue weighted by Crippen LogP contribution is -2.34. The summed E-state index contributed by atoms with van der Waals surface area (Å²) in [6, 6.07) is 5.70. The maximum atomic E-state index is 11.9. The molecular formula is C14H22N4O2S. The van der Waals surface area contributed by atoms with E-state index in [0.29, 0.717) is 23.5 Å². The summed E-state index contributed by atoms with van der Waals surface area (Å²) in [5.41, 5.74) is 7.30. The van der Waals surface area contributed by atoms with Crippen molar-refractivity contribution in [3.63, 3.8) is 0 Å². The molecule has 3 rings (SSSR count). The lowest BCUT2D eigenvalue weighted by atomic mass is 10.1. The minimum Gasteiger partial charge on any atom is -0.397 e. The fraction of sp³-hybridized carbons (Fsp3) is 0.571. The molecule has 2 aliphatic rings. The number of nitrogens with two attached hydrogens (primary N) is 1. The van der Waals surface area contributed by atoms with Crippen molar-refractivity contribution in [2.24, 2.45) is 0 Å². The Balaban J connectivity index is 1.83. The van der Waals surface area contributed by atoms with Crippen molar-refractivity contribution in [2.75, 3.05) is 31.2 Å². The van der Waals surface area contributed by atoms with Gasteiger partial charge in [0, 0.05) is 18.6 Å². The van der Waals surface area contributed by atoms with Crippen LogP contribution in [0.15, 0.2) is 23.1 Å². The standard InChI is InChI=1S/C14H22N4O2S/c1-16-21(19,20)10-4-5-11(15)13(9-10)17-12-6-8-18-7-2-3-14(12)18/h4-5,9,12,14,16-17H,2-3,6-8,15H2,1H3. The van der Waals surface area contributed by atoms with Crippen LogP contribution in [-0.2, 0) is 10.0 Å². The molecule has 0 amide bonds. The Hall–Kier alpha value is -1.31. The summed E-state index contributed by atoms with van der Waals surface area (Å²) < 4.78 is 26.1. The maximum Gasteiger partial charge on any atom is 0.240 e. The molecule has 2 fully saturated rings. The number of nitrogens with one attached hydrogen (secondary N) is 2. The molecule has 7 heteroatoms. The van der Waals surface area contributed by atoms with Crippen LogP contribution in [0.3, 0.4) is 0 Å². The van der Waals surface area contributed by atoms with Gasteiger partial charge in [-0.05, 0) is 51.1 Å². The predicted octanol–water partition coefficient (Wildman–Crippen LogP) is 0.825. The van der Waals surface area contributed by atoms with Crippen molar-refractivity contribution in [1.29, 1.82) is 0 Å². The first-order chi connectivity index (χ1) is 10.0. The number of hydrogen-bond donors (Lipinski definition) is 3. The molecule has 21 heavy (non-hydrogen) atoms. The lowest BCUT2D eigenvalue weighted by Gasteiger charge is -2.23. The van der Waals surface area contributed by atoms with E-state index in [1.807, 2.05) is 0 Å². The van der Waals surface area contributed by atoms with E-state index in [1.54, 1.807) is 12.1 Å². The van der Waals surface area contributed by atoms with Crippen LogP contribution in [0.1, 0.15) is 19.3 Å². The largest absolute Gasteiger partial charge is 0.397 e. The monoisotopic (exact) mass is 310 g/mol. The van der Waals surface area contributed by atoms with Crippen LogP contribution in [0.25, 0.3) is 0 Å². The molecule has 116 valence electrons. The Morgan fingerprint density at radius 1 is 1.29 bits per heavy atom. The Morgan fingerprint density at radius 2 is 2.10 bits per heavy atom. The number of fused-ring (bicyclic) bond motifs is 1. The zero-order valence-electron chi connectivity index (χ0n) is 12.2. The summed E-state index contributed by atoms with van der Waals surface area (Å²) in [5, 5.41) is 3.46. The van der Waals surface area contributed by atoms with Crippen LogP contribution < -0.4 is 15.8 Å². The van der Waals surface area contributed by atoms with Crippen LogP contribution in [0.2, 0.25) is 0 Å². The molecule has 0 aliphatic carbocycles. The molecule has 0 radical (unpaired) electrons. The van der Waals surface area contributed by atoms with E-state index < -0.39 is 10.0 Å². The molecule has 6 nitrogen and oxygen atoms in total. The number of sulfonamides is 1. The first kappa shape index (κ1) is 14.6. The highest BCUT2D eigenvalue weighted by atomic mass is 32.2. The van der Waals surface area contributed by atoms with Gasteiger partial charge in [-0.2, -0.15) is 0 Å². The van der Waals surface area contributed by atoms with Crippen molar-refractivity contribution >= 4 is 21.4 Å². The van der Waals surface area contributed by atoms with Gasteiger partial charge in [-0.1, -0.05) is 0 Å². The minimum absolute atomic E-state index is 0.239. The zero-order valence-corrected chi connectivity index (χ0v) is 13.0. The van der Waals surface area contributed by atoms with Gasteiger partial charge in [0.1, 0.15) is 0 Å². The lowest BCUT2D eigenvalue weighted by molar-refractivity contribution is 0.318. The molecule has 0 saturated carbocycles. The van der Waals surface area contributed by atoms with E-state index in [9.17, 15) is 8.42 Å². The number of hydrogen-bond acceptors (Lipinski definition) is 5. The van der Waals surface area contributed by atoms with Gasteiger partial charge in [0.15, 0.2) is 0 Å². The molecule has 0 bridgehead atoms. The van der Waals surface area contributed by atoms with Crippen molar-refractivity contribution in [1.82, 2.24) is 9.62 Å². The average molecular weight is 310 g/mol. The molecule has 2 saturated heterocycles. The van der Waals surface area contributed by atoms with Gasteiger partial charge in [0.05, 0.1) is 16.3 Å². The van der Waals surface area contributed by atoms with Gasteiger partial charge in [-0.25, -0.2) is 13.1 Å². The van der Waals surface area contributed by atoms with Gasteiger partial charge in [0.2, 0.25) is 10.0 Å². The van der Waals surface area contributed by atoms with E-state index in [-0.39, 0.29) is 4.90 Å². The number of nitrogens with zero attached hydrogens (tertiary/aromatic N) is 1. The van der Waals surface area contributed by atoms with E-state index in [4.69, 9.17) is 5.73 Å². The highest BCUT2D eigenvalue weighted by molar-refractivity contribution is 7.89. The highest BCUT2D eigenvalue weighted by Crippen LogP contribution is 2.32. The fourth-order valence-electron chi connectivity index (χ4n) is 3.40. The fourth-order valence-corrected chi connectivity index (χ4v) is 4.15. The maximum absolute atomic E-state index is 11.9. The van der Waals surface area contributed by atoms with Crippen LogP contribution in [0.5, 0.6) is 0 Å². The molecular weight excluding hydrogens is 288 g/mol. The second-order valence-corrected chi connectivity index (χ2v) is 7.63. The number of nitrogen functional groups attached to an aromatic ring is 1. The summed E-state index contributed by atoms with van der Waals surface area (Å²) in [5.74, 6) is 0.